The van der Waals surface area contributed by atoms with E-state index in [0.717, 1.165) is 5.69 Å². The van der Waals surface area contributed by atoms with Gasteiger partial charge >= 0.3 is 0 Å². The summed E-state index contributed by atoms with van der Waals surface area (Å²) in [6, 6.07) is 7.02. The molecule has 1 aliphatic rings. The largest absolute Gasteiger partial charge is 0.321 e. The van der Waals surface area contributed by atoms with Crippen LogP contribution in [0.15, 0.2) is 53.7 Å². The molecule has 2 unspecified atom stereocenters. The first kappa shape index (κ1) is 21.3. The monoisotopic (exact) mass is 381 g/mol. The van der Waals surface area contributed by atoms with Gasteiger partial charge in [0, 0.05) is 10.7 Å². The number of nitrogens with zero attached hydrogens (tertiary/aromatic N) is 2. The maximum Gasteiger partial charge on any atom is 0.247 e. The number of carbonyl (C=O) groups is 1. The predicted octanol–water partition coefficient (Wildman–Crippen LogP) is 5.13. The van der Waals surface area contributed by atoms with Crippen molar-refractivity contribution < 1.29 is 4.79 Å². The van der Waals surface area contributed by atoms with E-state index in [-0.39, 0.29) is 11.9 Å². The fourth-order valence-electron chi connectivity index (χ4n) is 2.44. The second-order valence-corrected chi connectivity index (χ2v) is 6.47. The van der Waals surface area contributed by atoms with Crippen LogP contribution in [0.25, 0.3) is 0 Å². The van der Waals surface area contributed by atoms with Crippen LogP contribution in [0, 0.1) is 0 Å². The standard InChI is InChI=1S/C16H19Cl2N3O.C3H6/c1-4-13-15(19-10(3)17)21(14(5-2)16(22)20-13)12-8-6-11(18)7-9-12;1-3-2/h4,6-10,14H,5H2,1-3H3,(H,20,22);3H,1H2,2H3/b13-4+,19-15+;. The number of anilines is 1. The van der Waals surface area contributed by atoms with Gasteiger partial charge in [-0.1, -0.05) is 42.3 Å². The minimum Gasteiger partial charge on any atom is -0.321 e. The molecule has 1 aromatic rings. The van der Waals surface area contributed by atoms with Gasteiger partial charge in [0.25, 0.3) is 0 Å². The minimum atomic E-state index is -0.396. The number of benzene rings is 1. The van der Waals surface area contributed by atoms with Gasteiger partial charge in [0.1, 0.15) is 11.5 Å². The molecule has 4 nitrogen and oxygen atoms in total. The molecule has 1 saturated heterocycles. The molecule has 1 amide bonds. The van der Waals surface area contributed by atoms with Crippen molar-refractivity contribution in [2.24, 2.45) is 4.99 Å². The normalized spacial score (nSPS) is 21.4. The predicted molar refractivity (Wildman–Crippen MR) is 109 cm³/mol. The zero-order valence-electron chi connectivity index (χ0n) is 15.1. The number of allylic oxidation sites excluding steroid dienone is 2. The van der Waals surface area contributed by atoms with Crippen LogP contribution in [0.4, 0.5) is 5.69 Å². The van der Waals surface area contributed by atoms with Crippen LogP contribution in [0.5, 0.6) is 0 Å². The van der Waals surface area contributed by atoms with Crippen molar-refractivity contribution in [1.29, 1.82) is 0 Å². The number of alkyl halides is 1. The zero-order valence-corrected chi connectivity index (χ0v) is 16.6. The fourth-order valence-corrected chi connectivity index (χ4v) is 2.66. The number of amides is 1. The number of carbonyl (C=O) groups excluding carboxylic acids is 1. The molecule has 1 aliphatic heterocycles. The summed E-state index contributed by atoms with van der Waals surface area (Å²) in [5, 5.41) is 3.55. The van der Waals surface area contributed by atoms with Crippen LogP contribution in [0.1, 0.15) is 34.1 Å². The van der Waals surface area contributed by atoms with Gasteiger partial charge < -0.3 is 10.2 Å². The molecule has 2 atom stereocenters. The highest BCUT2D eigenvalue weighted by Crippen LogP contribution is 2.27. The lowest BCUT2D eigenvalue weighted by atomic mass is 10.1. The summed E-state index contributed by atoms with van der Waals surface area (Å²) >= 11 is 12.0. The van der Waals surface area contributed by atoms with E-state index in [1.807, 2.05) is 43.9 Å². The van der Waals surface area contributed by atoms with Crippen molar-refractivity contribution in [1.82, 2.24) is 5.32 Å². The van der Waals surface area contributed by atoms with E-state index < -0.39 is 5.50 Å². The summed E-state index contributed by atoms with van der Waals surface area (Å²) in [5.41, 5.74) is 1.13. The molecule has 0 aliphatic carbocycles. The molecule has 6 heteroatoms. The molecule has 1 N–H and O–H groups in total. The molecule has 1 heterocycles. The van der Waals surface area contributed by atoms with E-state index >= 15 is 0 Å². The Morgan fingerprint density at radius 1 is 1.36 bits per heavy atom. The molecule has 1 aromatic carbocycles. The Balaban J connectivity index is 0.000000970. The van der Waals surface area contributed by atoms with Gasteiger partial charge in [0.2, 0.25) is 5.91 Å². The van der Waals surface area contributed by atoms with Crippen LogP contribution in [0.2, 0.25) is 5.02 Å². The van der Waals surface area contributed by atoms with Crippen LogP contribution in [-0.2, 0) is 4.79 Å². The summed E-state index contributed by atoms with van der Waals surface area (Å²) in [5.74, 6) is 0.616. The maximum atomic E-state index is 12.4. The molecule has 1 fully saturated rings. The molecule has 0 saturated carbocycles. The molecule has 0 bridgehead atoms. The fraction of sp³-hybridized carbons (Fsp3) is 0.368. The Morgan fingerprint density at radius 2 is 1.92 bits per heavy atom. The maximum absolute atomic E-state index is 12.4. The van der Waals surface area contributed by atoms with E-state index in [1.165, 1.54) is 0 Å². The highest BCUT2D eigenvalue weighted by Gasteiger charge is 2.35. The van der Waals surface area contributed by atoms with Gasteiger partial charge in [0.05, 0.1) is 5.70 Å². The first-order valence-corrected chi connectivity index (χ1v) is 9.02. The van der Waals surface area contributed by atoms with Crippen molar-refractivity contribution in [3.05, 3.63) is 53.7 Å². The highest BCUT2D eigenvalue weighted by atomic mass is 35.5. The van der Waals surface area contributed by atoms with Gasteiger partial charge in [-0.05, 0) is 51.5 Å². The van der Waals surface area contributed by atoms with Crippen LogP contribution >= 0.6 is 23.2 Å². The summed E-state index contributed by atoms with van der Waals surface area (Å²) in [4.78, 5) is 18.8. The molecule has 2 rings (SSSR count). The SMILES string of the molecule is C/C=C1/NC(=O)C(CC)N(c2ccc(Cl)cc2)/C1=N/C(C)Cl.C=CC. The Kier molecular flexibility index (Phi) is 8.73. The van der Waals surface area contributed by atoms with Crippen molar-refractivity contribution in [2.45, 2.75) is 45.7 Å². The summed E-state index contributed by atoms with van der Waals surface area (Å²) in [6.07, 6.45) is 4.23. The number of hydrogen-bond acceptors (Lipinski definition) is 2. The second kappa shape index (κ2) is 10.3. The van der Waals surface area contributed by atoms with Gasteiger partial charge in [-0.3, -0.25) is 4.79 Å². The second-order valence-electron chi connectivity index (χ2n) is 5.40. The highest BCUT2D eigenvalue weighted by molar-refractivity contribution is 6.30. The van der Waals surface area contributed by atoms with Crippen LogP contribution in [0.3, 0.4) is 0 Å². The Hall–Kier alpha value is -1.78. The van der Waals surface area contributed by atoms with Crippen molar-refractivity contribution in [2.75, 3.05) is 4.90 Å². The molecular weight excluding hydrogens is 357 g/mol. The van der Waals surface area contributed by atoms with E-state index in [0.29, 0.717) is 23.0 Å². The summed E-state index contributed by atoms with van der Waals surface area (Å²) in [7, 11) is 0. The van der Waals surface area contributed by atoms with E-state index in [9.17, 15) is 4.79 Å². The lowest BCUT2D eigenvalue weighted by molar-refractivity contribution is -0.121. The average molecular weight is 382 g/mol. The topological polar surface area (TPSA) is 44.7 Å². The van der Waals surface area contributed by atoms with Crippen molar-refractivity contribution >= 4 is 40.6 Å². The third kappa shape index (κ3) is 5.62. The van der Waals surface area contributed by atoms with E-state index in [4.69, 9.17) is 23.2 Å². The van der Waals surface area contributed by atoms with Gasteiger partial charge in [-0.25, -0.2) is 4.99 Å². The van der Waals surface area contributed by atoms with Gasteiger partial charge in [-0.2, -0.15) is 0 Å². The van der Waals surface area contributed by atoms with Crippen molar-refractivity contribution in [3.63, 3.8) is 0 Å². The molecular formula is C19H25Cl2N3O. The number of piperazine rings is 1. The Bertz CT molecular complexity index is 651. The molecule has 0 radical (unpaired) electrons. The molecule has 136 valence electrons. The van der Waals surface area contributed by atoms with Gasteiger partial charge in [-0.15, -0.1) is 6.58 Å². The van der Waals surface area contributed by atoms with E-state index in [1.54, 1.807) is 25.1 Å². The molecule has 25 heavy (non-hydrogen) atoms. The number of hydrogen-bond donors (Lipinski definition) is 1. The minimum absolute atomic E-state index is 0.0493. The Labute approximate surface area is 160 Å². The number of amidine groups is 1. The summed E-state index contributed by atoms with van der Waals surface area (Å²) < 4.78 is 0. The third-order valence-corrected chi connectivity index (χ3v) is 3.77. The summed E-state index contributed by atoms with van der Waals surface area (Å²) in [6.45, 7) is 10.9. The van der Waals surface area contributed by atoms with Crippen molar-refractivity contribution in [3.8, 4) is 0 Å². The van der Waals surface area contributed by atoms with Crippen LogP contribution < -0.4 is 10.2 Å². The molecule has 0 spiro atoms. The number of aliphatic imine (C=N–C) groups is 1. The lowest BCUT2D eigenvalue weighted by Gasteiger charge is -2.38. The van der Waals surface area contributed by atoms with Gasteiger partial charge in [0.15, 0.2) is 5.84 Å². The zero-order chi connectivity index (χ0) is 19.0. The number of rotatable bonds is 3. The van der Waals surface area contributed by atoms with Crippen LogP contribution in [-0.4, -0.2) is 23.3 Å². The average Bonchev–Trinajstić information content (AvgIpc) is 2.57. The first-order valence-electron chi connectivity index (χ1n) is 8.20. The smallest absolute Gasteiger partial charge is 0.247 e. The quantitative estimate of drug-likeness (QED) is 0.447. The third-order valence-electron chi connectivity index (χ3n) is 3.42. The number of halogens is 2. The Morgan fingerprint density at radius 3 is 2.36 bits per heavy atom. The first-order chi connectivity index (χ1) is 11.9. The van der Waals surface area contributed by atoms with E-state index in [2.05, 4.69) is 16.9 Å². The molecule has 0 aromatic heterocycles. The lowest BCUT2D eigenvalue weighted by Crippen LogP contribution is -2.57. The number of nitrogens with one attached hydrogen (secondary N) is 1.